The minimum absolute atomic E-state index is 0.211. The van der Waals surface area contributed by atoms with Gasteiger partial charge in [-0.25, -0.2) is 0 Å². The number of carbonyl (C=O) groups excluding carboxylic acids is 1. The molecule has 1 saturated heterocycles. The molecule has 1 aliphatic heterocycles. The van der Waals surface area contributed by atoms with Crippen LogP contribution in [0.2, 0.25) is 0 Å². The van der Waals surface area contributed by atoms with Gasteiger partial charge in [-0.15, -0.1) is 0 Å². The Hall–Kier alpha value is -1.39. The summed E-state index contributed by atoms with van der Waals surface area (Å²) in [6.07, 6.45) is 1.01. The number of rotatable bonds is 6. The number of likely N-dealkylation sites (tertiary alicyclic amines) is 1. The smallest absolute Gasteiger partial charge is 0.222 e. The SMILES string of the molecule is Cc1cccc(C(O)COCCN2CCCC2=O)c1. The van der Waals surface area contributed by atoms with Crippen molar-refractivity contribution < 1.29 is 14.6 Å². The van der Waals surface area contributed by atoms with Gasteiger partial charge in [0.05, 0.1) is 13.2 Å². The number of aryl methyl sites for hydroxylation is 1. The molecule has 1 N–H and O–H groups in total. The molecular weight excluding hydrogens is 242 g/mol. The number of carbonyl (C=O) groups is 1. The van der Waals surface area contributed by atoms with Crippen LogP contribution in [0.4, 0.5) is 0 Å². The highest BCUT2D eigenvalue weighted by molar-refractivity contribution is 5.77. The Balaban J connectivity index is 1.69. The molecule has 0 saturated carbocycles. The Labute approximate surface area is 114 Å². The lowest BCUT2D eigenvalue weighted by atomic mass is 10.1. The Bertz CT molecular complexity index is 433. The number of benzene rings is 1. The normalized spacial score (nSPS) is 16.9. The van der Waals surface area contributed by atoms with E-state index in [0.717, 1.165) is 24.1 Å². The van der Waals surface area contributed by atoms with Gasteiger partial charge in [-0.05, 0) is 18.9 Å². The fourth-order valence-electron chi connectivity index (χ4n) is 2.28. The maximum Gasteiger partial charge on any atom is 0.222 e. The first-order chi connectivity index (χ1) is 9.16. The molecule has 4 heteroatoms. The van der Waals surface area contributed by atoms with Gasteiger partial charge in [0, 0.05) is 19.5 Å². The number of hydrogen-bond acceptors (Lipinski definition) is 3. The zero-order valence-corrected chi connectivity index (χ0v) is 11.3. The number of nitrogens with zero attached hydrogens (tertiary/aromatic N) is 1. The van der Waals surface area contributed by atoms with Crippen molar-refractivity contribution in [3.05, 3.63) is 35.4 Å². The van der Waals surface area contributed by atoms with Crippen LogP contribution in [0.15, 0.2) is 24.3 Å². The fraction of sp³-hybridized carbons (Fsp3) is 0.533. The lowest BCUT2D eigenvalue weighted by Crippen LogP contribution is -2.28. The molecule has 2 rings (SSSR count). The van der Waals surface area contributed by atoms with Gasteiger partial charge in [-0.3, -0.25) is 4.79 Å². The summed E-state index contributed by atoms with van der Waals surface area (Å²) in [5.41, 5.74) is 2.00. The van der Waals surface area contributed by atoms with Gasteiger partial charge >= 0.3 is 0 Å². The van der Waals surface area contributed by atoms with Crippen molar-refractivity contribution >= 4 is 5.91 Å². The van der Waals surface area contributed by atoms with E-state index in [0.29, 0.717) is 19.6 Å². The molecule has 0 spiro atoms. The van der Waals surface area contributed by atoms with Crippen LogP contribution in [0.3, 0.4) is 0 Å². The Morgan fingerprint density at radius 1 is 1.47 bits per heavy atom. The van der Waals surface area contributed by atoms with Crippen molar-refractivity contribution in [2.45, 2.75) is 25.9 Å². The quantitative estimate of drug-likeness (QED) is 0.794. The van der Waals surface area contributed by atoms with E-state index in [1.165, 1.54) is 0 Å². The highest BCUT2D eigenvalue weighted by Crippen LogP contribution is 2.14. The van der Waals surface area contributed by atoms with E-state index in [1.54, 1.807) is 0 Å². The highest BCUT2D eigenvalue weighted by Gasteiger charge is 2.19. The van der Waals surface area contributed by atoms with Gasteiger partial charge in [0.25, 0.3) is 0 Å². The third kappa shape index (κ3) is 4.04. The second-order valence-electron chi connectivity index (χ2n) is 4.99. The van der Waals surface area contributed by atoms with Crippen LogP contribution in [-0.4, -0.2) is 42.2 Å². The predicted octanol–water partition coefficient (Wildman–Crippen LogP) is 1.67. The van der Waals surface area contributed by atoms with Crippen LogP contribution >= 0.6 is 0 Å². The van der Waals surface area contributed by atoms with Crippen LogP contribution in [0.1, 0.15) is 30.1 Å². The summed E-state index contributed by atoms with van der Waals surface area (Å²) in [5.74, 6) is 0.211. The molecule has 1 aromatic rings. The van der Waals surface area contributed by atoms with E-state index in [1.807, 2.05) is 36.1 Å². The van der Waals surface area contributed by atoms with Gasteiger partial charge in [0.15, 0.2) is 0 Å². The van der Waals surface area contributed by atoms with Crippen LogP contribution in [0, 0.1) is 6.92 Å². The molecule has 104 valence electrons. The van der Waals surface area contributed by atoms with Crippen molar-refractivity contribution in [3.8, 4) is 0 Å². The molecule has 1 aromatic carbocycles. The van der Waals surface area contributed by atoms with E-state index >= 15 is 0 Å². The second kappa shape index (κ2) is 6.68. The summed E-state index contributed by atoms with van der Waals surface area (Å²) in [7, 11) is 0. The molecule has 1 atom stereocenters. The Morgan fingerprint density at radius 3 is 3.00 bits per heavy atom. The van der Waals surface area contributed by atoms with Gasteiger partial charge in [-0.2, -0.15) is 0 Å². The van der Waals surface area contributed by atoms with E-state index in [2.05, 4.69) is 0 Å². The summed E-state index contributed by atoms with van der Waals surface area (Å²) in [5, 5.41) is 9.98. The minimum atomic E-state index is -0.603. The summed E-state index contributed by atoms with van der Waals surface area (Å²) >= 11 is 0. The lowest BCUT2D eigenvalue weighted by molar-refractivity contribution is -0.128. The molecule has 19 heavy (non-hydrogen) atoms. The van der Waals surface area contributed by atoms with E-state index < -0.39 is 6.10 Å². The first-order valence-electron chi connectivity index (χ1n) is 6.77. The first-order valence-corrected chi connectivity index (χ1v) is 6.77. The van der Waals surface area contributed by atoms with Gasteiger partial charge in [0.1, 0.15) is 6.10 Å². The molecule has 1 aliphatic rings. The summed E-state index contributed by atoms with van der Waals surface area (Å²) < 4.78 is 5.46. The zero-order valence-electron chi connectivity index (χ0n) is 11.3. The van der Waals surface area contributed by atoms with Crippen LogP contribution in [0.25, 0.3) is 0 Å². The summed E-state index contributed by atoms with van der Waals surface area (Å²) in [6.45, 7) is 4.21. The van der Waals surface area contributed by atoms with Crippen LogP contribution in [-0.2, 0) is 9.53 Å². The van der Waals surface area contributed by atoms with Crippen LogP contribution < -0.4 is 0 Å². The zero-order chi connectivity index (χ0) is 13.7. The number of amides is 1. The molecule has 0 radical (unpaired) electrons. The number of hydrogen-bond donors (Lipinski definition) is 1. The summed E-state index contributed by atoms with van der Waals surface area (Å²) in [6, 6.07) is 7.77. The lowest BCUT2D eigenvalue weighted by Gasteiger charge is -2.17. The average molecular weight is 263 g/mol. The van der Waals surface area contributed by atoms with Crippen LogP contribution in [0.5, 0.6) is 0 Å². The number of aliphatic hydroxyl groups excluding tert-OH is 1. The predicted molar refractivity (Wildman–Crippen MR) is 72.8 cm³/mol. The monoisotopic (exact) mass is 263 g/mol. The fourth-order valence-corrected chi connectivity index (χ4v) is 2.28. The van der Waals surface area contributed by atoms with Gasteiger partial charge in [-0.1, -0.05) is 29.8 Å². The maximum absolute atomic E-state index is 11.4. The largest absolute Gasteiger partial charge is 0.386 e. The first kappa shape index (κ1) is 14.0. The van der Waals surface area contributed by atoms with Crippen molar-refractivity contribution in [1.82, 2.24) is 4.90 Å². The topological polar surface area (TPSA) is 49.8 Å². The molecule has 1 amide bonds. The molecule has 0 aromatic heterocycles. The third-order valence-corrected chi connectivity index (χ3v) is 3.38. The number of ether oxygens (including phenoxy) is 1. The molecular formula is C15H21NO3. The van der Waals surface area contributed by atoms with Crippen molar-refractivity contribution in [3.63, 3.8) is 0 Å². The third-order valence-electron chi connectivity index (χ3n) is 3.38. The van der Waals surface area contributed by atoms with E-state index in [4.69, 9.17) is 4.74 Å². The van der Waals surface area contributed by atoms with Gasteiger partial charge < -0.3 is 14.7 Å². The van der Waals surface area contributed by atoms with Crippen molar-refractivity contribution in [2.24, 2.45) is 0 Å². The molecule has 1 fully saturated rings. The molecule has 0 bridgehead atoms. The molecule has 1 heterocycles. The molecule has 1 unspecified atom stereocenters. The van der Waals surface area contributed by atoms with Gasteiger partial charge in [0.2, 0.25) is 5.91 Å². The maximum atomic E-state index is 11.4. The van der Waals surface area contributed by atoms with Crippen molar-refractivity contribution in [2.75, 3.05) is 26.3 Å². The average Bonchev–Trinajstić information content (AvgIpc) is 2.80. The molecule has 0 aliphatic carbocycles. The molecule has 4 nitrogen and oxygen atoms in total. The second-order valence-corrected chi connectivity index (χ2v) is 4.99. The standard InChI is InChI=1S/C15H21NO3/c1-12-4-2-5-13(10-12)14(17)11-19-9-8-16-7-3-6-15(16)18/h2,4-5,10,14,17H,3,6-9,11H2,1H3. The summed E-state index contributed by atoms with van der Waals surface area (Å²) in [4.78, 5) is 13.2. The van der Waals surface area contributed by atoms with E-state index in [9.17, 15) is 9.90 Å². The minimum Gasteiger partial charge on any atom is -0.386 e. The Kier molecular flexibility index (Phi) is 4.93. The highest BCUT2D eigenvalue weighted by atomic mass is 16.5. The van der Waals surface area contributed by atoms with Crippen molar-refractivity contribution in [1.29, 1.82) is 0 Å². The Morgan fingerprint density at radius 2 is 2.32 bits per heavy atom. The van der Waals surface area contributed by atoms with E-state index in [-0.39, 0.29) is 12.5 Å². The number of aliphatic hydroxyl groups is 1.